The number of benzene rings is 1. The minimum Gasteiger partial charge on any atom is -0.384 e. The molecule has 3 heteroatoms. The van der Waals surface area contributed by atoms with Gasteiger partial charge in [-0.25, -0.2) is 0 Å². The van der Waals surface area contributed by atoms with Crippen LogP contribution in [0.1, 0.15) is 54.7 Å². The fraction of sp³-hybridized carbons (Fsp3) is 0.412. The number of aliphatic hydroxyl groups is 1. The zero-order valence-electron chi connectivity index (χ0n) is 12.2. The molecule has 2 aromatic rings. The molecule has 0 aliphatic carbocycles. The Kier molecular flexibility index (Phi) is 5.42. The van der Waals surface area contributed by atoms with E-state index < -0.39 is 6.10 Å². The second-order valence-corrected chi connectivity index (χ2v) is 7.27. The summed E-state index contributed by atoms with van der Waals surface area (Å²) in [5, 5.41) is 12.8. The summed E-state index contributed by atoms with van der Waals surface area (Å²) in [5.74, 6) is 0. The van der Waals surface area contributed by atoms with E-state index in [9.17, 15) is 5.11 Å². The third-order valence-electron chi connectivity index (χ3n) is 3.76. The molecule has 0 radical (unpaired) electrons. The first-order valence-electron chi connectivity index (χ1n) is 7.17. The van der Waals surface area contributed by atoms with Crippen molar-refractivity contribution in [2.45, 2.75) is 46.1 Å². The Balaban J connectivity index is 2.53. The number of halogens is 1. The Morgan fingerprint density at radius 1 is 1.05 bits per heavy atom. The predicted molar refractivity (Wildman–Crippen MR) is 90.7 cm³/mol. The Morgan fingerprint density at radius 3 is 2.05 bits per heavy atom. The van der Waals surface area contributed by atoms with Crippen LogP contribution in [0.4, 0.5) is 0 Å². The van der Waals surface area contributed by atoms with Crippen LogP contribution >= 0.6 is 27.3 Å². The van der Waals surface area contributed by atoms with Crippen molar-refractivity contribution in [3.63, 3.8) is 0 Å². The fourth-order valence-electron chi connectivity index (χ4n) is 2.62. The summed E-state index contributed by atoms with van der Waals surface area (Å²) >= 11 is 5.09. The SMILES string of the molecule is CCc1cc(CC)c(C(O)c2csc(Br)c2)c(CC)c1. The van der Waals surface area contributed by atoms with Crippen LogP contribution < -0.4 is 0 Å². The second-order valence-electron chi connectivity index (χ2n) is 4.98. The van der Waals surface area contributed by atoms with Crippen molar-refractivity contribution in [2.75, 3.05) is 0 Å². The van der Waals surface area contributed by atoms with Gasteiger partial charge in [-0.15, -0.1) is 11.3 Å². The molecule has 20 heavy (non-hydrogen) atoms. The smallest absolute Gasteiger partial charge is 0.105 e. The molecular weight excluding hydrogens is 332 g/mol. The fourth-order valence-corrected chi connectivity index (χ4v) is 3.82. The van der Waals surface area contributed by atoms with Gasteiger partial charge in [0.2, 0.25) is 0 Å². The molecule has 0 amide bonds. The normalized spacial score (nSPS) is 12.7. The summed E-state index contributed by atoms with van der Waals surface area (Å²) in [6, 6.07) is 6.51. The van der Waals surface area contributed by atoms with Gasteiger partial charge in [0.25, 0.3) is 0 Å². The van der Waals surface area contributed by atoms with E-state index in [0.29, 0.717) is 0 Å². The topological polar surface area (TPSA) is 20.2 Å². The highest BCUT2D eigenvalue weighted by Crippen LogP contribution is 2.34. The lowest BCUT2D eigenvalue weighted by atomic mass is 9.88. The number of hydrogen-bond donors (Lipinski definition) is 1. The van der Waals surface area contributed by atoms with Crippen LogP contribution in [0.25, 0.3) is 0 Å². The van der Waals surface area contributed by atoms with E-state index in [1.165, 1.54) is 16.7 Å². The Labute approximate surface area is 133 Å². The van der Waals surface area contributed by atoms with E-state index in [-0.39, 0.29) is 0 Å². The summed E-state index contributed by atoms with van der Waals surface area (Å²) in [4.78, 5) is 0. The molecule has 1 nitrogen and oxygen atoms in total. The van der Waals surface area contributed by atoms with Crippen molar-refractivity contribution >= 4 is 27.3 Å². The molecule has 108 valence electrons. The third-order valence-corrected chi connectivity index (χ3v) is 5.28. The maximum Gasteiger partial charge on any atom is 0.105 e. The molecule has 1 N–H and O–H groups in total. The largest absolute Gasteiger partial charge is 0.384 e. The highest BCUT2D eigenvalue weighted by Gasteiger charge is 2.19. The monoisotopic (exact) mass is 352 g/mol. The van der Waals surface area contributed by atoms with Crippen molar-refractivity contribution in [3.05, 3.63) is 55.2 Å². The van der Waals surface area contributed by atoms with Gasteiger partial charge in [0.15, 0.2) is 0 Å². The van der Waals surface area contributed by atoms with Crippen molar-refractivity contribution in [1.82, 2.24) is 0 Å². The van der Waals surface area contributed by atoms with Gasteiger partial charge in [0.05, 0.1) is 3.79 Å². The standard InChI is InChI=1S/C17H21BrOS/c1-4-11-7-12(5-2)16(13(6-3)8-11)17(19)14-9-15(18)20-10-14/h7-10,17,19H,4-6H2,1-3H3. The maximum absolute atomic E-state index is 10.8. The van der Waals surface area contributed by atoms with Gasteiger partial charge >= 0.3 is 0 Å². The van der Waals surface area contributed by atoms with E-state index in [1.807, 2.05) is 11.4 Å². The zero-order valence-corrected chi connectivity index (χ0v) is 14.6. The van der Waals surface area contributed by atoms with E-state index in [4.69, 9.17) is 0 Å². The number of aliphatic hydroxyl groups excluding tert-OH is 1. The molecule has 1 unspecified atom stereocenters. The molecule has 0 bridgehead atoms. The Hall–Kier alpha value is -0.640. The Morgan fingerprint density at radius 2 is 1.65 bits per heavy atom. The van der Waals surface area contributed by atoms with Gasteiger partial charge in [-0.3, -0.25) is 0 Å². The molecule has 0 fully saturated rings. The molecule has 2 rings (SSSR count). The predicted octanol–water partition coefficient (Wildman–Crippen LogP) is 5.28. The summed E-state index contributed by atoms with van der Waals surface area (Å²) in [5.41, 5.74) is 6.00. The molecule has 0 saturated heterocycles. The molecule has 1 atom stereocenters. The highest BCUT2D eigenvalue weighted by atomic mass is 79.9. The van der Waals surface area contributed by atoms with Crippen molar-refractivity contribution in [3.8, 4) is 0 Å². The van der Waals surface area contributed by atoms with E-state index >= 15 is 0 Å². The molecule has 1 aromatic carbocycles. The van der Waals surface area contributed by atoms with Crippen LogP contribution in [0, 0.1) is 0 Å². The van der Waals surface area contributed by atoms with Gasteiger partial charge < -0.3 is 5.11 Å². The second kappa shape index (κ2) is 6.88. The van der Waals surface area contributed by atoms with Crippen molar-refractivity contribution in [1.29, 1.82) is 0 Å². The van der Waals surface area contributed by atoms with Crippen molar-refractivity contribution in [2.24, 2.45) is 0 Å². The first-order chi connectivity index (χ1) is 9.60. The minimum absolute atomic E-state index is 0.520. The zero-order chi connectivity index (χ0) is 14.7. The lowest BCUT2D eigenvalue weighted by Gasteiger charge is -2.20. The molecule has 0 aliphatic rings. The van der Waals surface area contributed by atoms with Crippen molar-refractivity contribution < 1.29 is 5.11 Å². The summed E-state index contributed by atoms with van der Waals surface area (Å²) in [6.07, 6.45) is 2.44. The number of rotatable bonds is 5. The van der Waals surface area contributed by atoms with Gasteiger partial charge in [-0.05, 0) is 74.5 Å². The molecule has 0 aliphatic heterocycles. The van der Waals surface area contributed by atoms with Crippen LogP contribution in [0.2, 0.25) is 0 Å². The van der Waals surface area contributed by atoms with Crippen LogP contribution in [-0.2, 0) is 19.3 Å². The first kappa shape index (κ1) is 15.7. The number of thiophene rings is 1. The molecule has 1 heterocycles. The number of hydrogen-bond acceptors (Lipinski definition) is 2. The van der Waals surface area contributed by atoms with Crippen LogP contribution in [0.15, 0.2) is 27.4 Å². The van der Waals surface area contributed by atoms with Crippen LogP contribution in [0.3, 0.4) is 0 Å². The average Bonchev–Trinajstić information content (AvgIpc) is 2.91. The Bertz CT molecular complexity index is 563. The average molecular weight is 353 g/mol. The quantitative estimate of drug-likeness (QED) is 0.775. The van der Waals surface area contributed by atoms with E-state index in [1.54, 1.807) is 11.3 Å². The van der Waals surface area contributed by atoms with Crippen LogP contribution in [0.5, 0.6) is 0 Å². The van der Waals surface area contributed by atoms with E-state index in [2.05, 4.69) is 48.8 Å². The first-order valence-corrected chi connectivity index (χ1v) is 8.84. The van der Waals surface area contributed by atoms with Gasteiger partial charge in [-0.1, -0.05) is 32.9 Å². The van der Waals surface area contributed by atoms with Crippen LogP contribution in [-0.4, -0.2) is 5.11 Å². The third kappa shape index (κ3) is 3.16. The summed E-state index contributed by atoms with van der Waals surface area (Å²) < 4.78 is 1.06. The molecule has 1 aromatic heterocycles. The van der Waals surface area contributed by atoms with Gasteiger partial charge in [-0.2, -0.15) is 0 Å². The number of aryl methyl sites for hydroxylation is 3. The lowest BCUT2D eigenvalue weighted by molar-refractivity contribution is 0.218. The van der Waals surface area contributed by atoms with Gasteiger partial charge in [0.1, 0.15) is 6.10 Å². The summed E-state index contributed by atoms with van der Waals surface area (Å²) in [7, 11) is 0. The summed E-state index contributed by atoms with van der Waals surface area (Å²) in [6.45, 7) is 6.50. The molecule has 0 saturated carbocycles. The lowest BCUT2D eigenvalue weighted by Crippen LogP contribution is -2.08. The maximum atomic E-state index is 10.8. The van der Waals surface area contributed by atoms with E-state index in [0.717, 1.165) is 34.2 Å². The molecular formula is C17H21BrOS. The minimum atomic E-state index is -0.520. The molecule has 0 spiro atoms. The highest BCUT2D eigenvalue weighted by molar-refractivity contribution is 9.11. The van der Waals surface area contributed by atoms with Gasteiger partial charge in [0, 0.05) is 0 Å².